The van der Waals surface area contributed by atoms with E-state index in [1.54, 1.807) is 43.5 Å². The first-order valence-electron chi connectivity index (χ1n) is 8.27. The van der Waals surface area contributed by atoms with Crippen molar-refractivity contribution in [3.05, 3.63) is 47.5 Å². The zero-order valence-corrected chi connectivity index (χ0v) is 15.4. The van der Waals surface area contributed by atoms with Gasteiger partial charge in [-0.25, -0.2) is 0 Å². The fourth-order valence-electron chi connectivity index (χ4n) is 2.53. The zero-order valence-electron chi connectivity index (χ0n) is 15.4. The van der Waals surface area contributed by atoms with E-state index in [0.29, 0.717) is 40.7 Å². The predicted octanol–water partition coefficient (Wildman–Crippen LogP) is 3.49. The summed E-state index contributed by atoms with van der Waals surface area (Å²) < 4.78 is 16.0. The molecule has 0 atom stereocenters. The molecule has 138 valence electrons. The van der Waals surface area contributed by atoms with Gasteiger partial charge >= 0.3 is 0 Å². The summed E-state index contributed by atoms with van der Waals surface area (Å²) in [5, 5.41) is 2.82. The maximum atomic E-state index is 12.4. The smallest absolute Gasteiger partial charge is 0.228 e. The van der Waals surface area contributed by atoms with Gasteiger partial charge in [-0.1, -0.05) is 0 Å². The molecule has 1 amide bonds. The fourth-order valence-corrected chi connectivity index (χ4v) is 2.53. The molecule has 1 N–H and O–H groups in total. The molecular weight excluding hydrogens is 334 g/mol. The van der Waals surface area contributed by atoms with Gasteiger partial charge in [-0.15, -0.1) is 0 Å². The largest absolute Gasteiger partial charge is 0.496 e. The van der Waals surface area contributed by atoms with Crippen LogP contribution in [-0.4, -0.2) is 32.5 Å². The van der Waals surface area contributed by atoms with E-state index in [4.69, 9.17) is 14.2 Å². The molecule has 0 fully saturated rings. The van der Waals surface area contributed by atoms with Crippen molar-refractivity contribution >= 4 is 17.4 Å². The van der Waals surface area contributed by atoms with E-state index in [-0.39, 0.29) is 18.1 Å². The molecule has 0 heterocycles. The number of hydrogen-bond donors (Lipinski definition) is 1. The van der Waals surface area contributed by atoms with Crippen LogP contribution in [0.15, 0.2) is 36.4 Å². The Morgan fingerprint density at radius 3 is 2.27 bits per heavy atom. The third-order valence-electron chi connectivity index (χ3n) is 3.79. The summed E-state index contributed by atoms with van der Waals surface area (Å²) in [5.74, 6) is 1.43. The monoisotopic (exact) mass is 357 g/mol. The molecular formula is C20H23NO5. The molecule has 0 unspecified atom stereocenters. The standard InChI is InChI=1S/C20H23NO5/c1-5-26-18-9-7-16(12-19(18)25-4)21-20(23)11-15-10-14(13(2)22)6-8-17(15)24-3/h6-10,12H,5,11H2,1-4H3,(H,21,23). The summed E-state index contributed by atoms with van der Waals surface area (Å²) in [6.45, 7) is 3.89. The van der Waals surface area contributed by atoms with E-state index in [2.05, 4.69) is 5.32 Å². The van der Waals surface area contributed by atoms with Crippen LogP contribution in [0, 0.1) is 0 Å². The number of amides is 1. The molecule has 0 bridgehead atoms. The lowest BCUT2D eigenvalue weighted by atomic mass is 10.0. The summed E-state index contributed by atoms with van der Waals surface area (Å²) in [7, 11) is 3.07. The van der Waals surface area contributed by atoms with Crippen molar-refractivity contribution in [1.29, 1.82) is 0 Å². The van der Waals surface area contributed by atoms with Crippen LogP contribution >= 0.6 is 0 Å². The predicted molar refractivity (Wildman–Crippen MR) is 99.5 cm³/mol. The lowest BCUT2D eigenvalue weighted by molar-refractivity contribution is -0.115. The number of carbonyl (C=O) groups is 2. The first-order chi connectivity index (χ1) is 12.5. The quantitative estimate of drug-likeness (QED) is 0.732. The number of methoxy groups -OCH3 is 2. The number of ether oxygens (including phenoxy) is 3. The van der Waals surface area contributed by atoms with E-state index in [0.717, 1.165) is 0 Å². The molecule has 6 heteroatoms. The molecule has 0 radical (unpaired) electrons. The van der Waals surface area contributed by atoms with Crippen LogP contribution in [0.2, 0.25) is 0 Å². The van der Waals surface area contributed by atoms with Gasteiger partial charge < -0.3 is 19.5 Å². The Morgan fingerprint density at radius 1 is 0.962 bits per heavy atom. The molecule has 2 aromatic carbocycles. The van der Waals surface area contributed by atoms with E-state index in [9.17, 15) is 9.59 Å². The van der Waals surface area contributed by atoms with Crippen molar-refractivity contribution in [2.24, 2.45) is 0 Å². The third kappa shape index (κ3) is 4.75. The Balaban J connectivity index is 2.16. The molecule has 2 aromatic rings. The van der Waals surface area contributed by atoms with Crippen LogP contribution in [0.3, 0.4) is 0 Å². The van der Waals surface area contributed by atoms with Crippen LogP contribution in [0.4, 0.5) is 5.69 Å². The molecule has 26 heavy (non-hydrogen) atoms. The van der Waals surface area contributed by atoms with Gasteiger partial charge in [0.2, 0.25) is 5.91 Å². The normalized spacial score (nSPS) is 10.2. The van der Waals surface area contributed by atoms with Crippen LogP contribution in [0.25, 0.3) is 0 Å². The lowest BCUT2D eigenvalue weighted by Crippen LogP contribution is -2.15. The minimum atomic E-state index is -0.227. The number of carbonyl (C=O) groups excluding carboxylic acids is 2. The molecule has 0 aliphatic carbocycles. The number of nitrogens with one attached hydrogen (secondary N) is 1. The second-order valence-electron chi connectivity index (χ2n) is 5.61. The van der Waals surface area contributed by atoms with Crippen molar-refractivity contribution in [2.45, 2.75) is 20.3 Å². The first-order valence-corrected chi connectivity index (χ1v) is 8.27. The maximum absolute atomic E-state index is 12.4. The molecule has 0 aromatic heterocycles. The maximum Gasteiger partial charge on any atom is 0.228 e. The minimum absolute atomic E-state index is 0.0643. The van der Waals surface area contributed by atoms with Crippen molar-refractivity contribution in [3.63, 3.8) is 0 Å². The summed E-state index contributed by atoms with van der Waals surface area (Å²) in [4.78, 5) is 24.0. The average Bonchev–Trinajstić information content (AvgIpc) is 2.62. The molecule has 0 saturated carbocycles. The number of Topliss-reactive ketones (excluding diaryl/α,β-unsaturated/α-hetero) is 1. The Labute approximate surface area is 153 Å². The molecule has 0 spiro atoms. The highest BCUT2D eigenvalue weighted by molar-refractivity contribution is 5.96. The van der Waals surface area contributed by atoms with Crippen LogP contribution in [0.5, 0.6) is 17.2 Å². The second-order valence-corrected chi connectivity index (χ2v) is 5.61. The SMILES string of the molecule is CCOc1ccc(NC(=O)Cc2cc(C(C)=O)ccc2OC)cc1OC. The highest BCUT2D eigenvalue weighted by Crippen LogP contribution is 2.30. The van der Waals surface area contributed by atoms with E-state index < -0.39 is 0 Å². The van der Waals surface area contributed by atoms with Crippen LogP contribution in [-0.2, 0) is 11.2 Å². The fraction of sp³-hybridized carbons (Fsp3) is 0.300. The second kappa shape index (κ2) is 8.89. The Kier molecular flexibility index (Phi) is 6.60. The highest BCUT2D eigenvalue weighted by atomic mass is 16.5. The summed E-state index contributed by atoms with van der Waals surface area (Å²) >= 11 is 0. The van der Waals surface area contributed by atoms with E-state index in [1.165, 1.54) is 14.0 Å². The topological polar surface area (TPSA) is 73.9 Å². The number of hydrogen-bond acceptors (Lipinski definition) is 5. The van der Waals surface area contributed by atoms with Crippen molar-refractivity contribution in [1.82, 2.24) is 0 Å². The van der Waals surface area contributed by atoms with Gasteiger partial charge in [-0.3, -0.25) is 9.59 Å². The van der Waals surface area contributed by atoms with Gasteiger partial charge in [0.1, 0.15) is 5.75 Å². The van der Waals surface area contributed by atoms with Crippen molar-refractivity contribution in [3.8, 4) is 17.2 Å². The van der Waals surface area contributed by atoms with E-state index in [1.807, 2.05) is 6.92 Å². The van der Waals surface area contributed by atoms with Gasteiger partial charge in [-0.2, -0.15) is 0 Å². The number of benzene rings is 2. The Hall–Kier alpha value is -3.02. The molecule has 0 aliphatic rings. The summed E-state index contributed by atoms with van der Waals surface area (Å²) in [5.41, 5.74) is 1.78. The third-order valence-corrected chi connectivity index (χ3v) is 3.79. The summed E-state index contributed by atoms with van der Waals surface area (Å²) in [6, 6.07) is 10.2. The van der Waals surface area contributed by atoms with Gasteiger partial charge in [0, 0.05) is 22.9 Å². The van der Waals surface area contributed by atoms with E-state index >= 15 is 0 Å². The van der Waals surface area contributed by atoms with Gasteiger partial charge in [-0.05, 0) is 44.2 Å². The average molecular weight is 357 g/mol. The number of ketones is 1. The van der Waals surface area contributed by atoms with Crippen LogP contribution < -0.4 is 19.5 Å². The molecule has 2 rings (SSSR count). The van der Waals surface area contributed by atoms with Gasteiger partial charge in [0.25, 0.3) is 0 Å². The van der Waals surface area contributed by atoms with Crippen molar-refractivity contribution in [2.75, 3.05) is 26.1 Å². The molecule has 0 aliphatic heterocycles. The molecule has 6 nitrogen and oxygen atoms in total. The van der Waals surface area contributed by atoms with Gasteiger partial charge in [0.05, 0.1) is 27.2 Å². The Bertz CT molecular complexity index is 801. The number of anilines is 1. The van der Waals surface area contributed by atoms with Crippen LogP contribution in [0.1, 0.15) is 29.8 Å². The molecule has 0 saturated heterocycles. The minimum Gasteiger partial charge on any atom is -0.496 e. The lowest BCUT2D eigenvalue weighted by Gasteiger charge is -2.13. The highest BCUT2D eigenvalue weighted by Gasteiger charge is 2.13. The zero-order chi connectivity index (χ0) is 19.1. The summed E-state index contributed by atoms with van der Waals surface area (Å²) in [6.07, 6.45) is 0.0832. The van der Waals surface area contributed by atoms with Gasteiger partial charge in [0.15, 0.2) is 17.3 Å². The number of rotatable bonds is 8. The first kappa shape index (κ1) is 19.3. The van der Waals surface area contributed by atoms with Crippen molar-refractivity contribution < 1.29 is 23.8 Å². The Morgan fingerprint density at radius 2 is 1.65 bits per heavy atom.